The molecule has 0 heterocycles. The summed E-state index contributed by atoms with van der Waals surface area (Å²) >= 11 is 0. The molecule has 104 valence electrons. The Balaban J connectivity index is 2.31. The van der Waals surface area contributed by atoms with Crippen LogP contribution in [0, 0.1) is 0 Å². The second-order valence-electron chi connectivity index (χ2n) is 4.07. The monoisotopic (exact) mass is 264 g/mol. The Morgan fingerprint density at radius 1 is 1.32 bits per heavy atom. The van der Waals surface area contributed by atoms with E-state index in [-0.39, 0.29) is 12.4 Å². The van der Waals surface area contributed by atoms with E-state index in [2.05, 4.69) is 6.58 Å². The number of esters is 1. The minimum absolute atomic E-state index is 0.236. The molecule has 0 aliphatic carbocycles. The van der Waals surface area contributed by atoms with Crippen LogP contribution in [0.5, 0.6) is 5.75 Å². The smallest absolute Gasteiger partial charge is 0.333 e. The zero-order chi connectivity index (χ0) is 14.1. The minimum Gasteiger partial charge on any atom is -0.508 e. The van der Waals surface area contributed by atoms with Crippen molar-refractivity contribution in [2.75, 3.05) is 19.8 Å². The number of aryl methyl sites for hydroxylation is 1. The molecule has 1 rings (SSSR count). The second kappa shape index (κ2) is 8.32. The molecule has 1 aromatic carbocycles. The fourth-order valence-electron chi connectivity index (χ4n) is 1.55. The third-order valence-electron chi connectivity index (χ3n) is 2.64. The van der Waals surface area contributed by atoms with Crippen LogP contribution in [0.1, 0.15) is 18.9 Å². The van der Waals surface area contributed by atoms with E-state index in [4.69, 9.17) is 9.47 Å². The van der Waals surface area contributed by atoms with Crippen molar-refractivity contribution in [3.63, 3.8) is 0 Å². The van der Waals surface area contributed by atoms with Crippen LogP contribution in [0.15, 0.2) is 36.4 Å². The highest BCUT2D eigenvalue weighted by molar-refractivity contribution is 5.87. The molecule has 4 heteroatoms. The Bertz CT molecular complexity index is 426. The summed E-state index contributed by atoms with van der Waals surface area (Å²) in [6.07, 6.45) is 1.02. The van der Waals surface area contributed by atoms with Crippen molar-refractivity contribution in [3.05, 3.63) is 42.0 Å². The number of rotatable bonds is 8. The summed E-state index contributed by atoms with van der Waals surface area (Å²) in [6.45, 7) is 6.82. The summed E-state index contributed by atoms with van der Waals surface area (Å²) in [6, 6.07) is 7.05. The van der Waals surface area contributed by atoms with Crippen molar-refractivity contribution < 1.29 is 19.4 Å². The highest BCUT2D eigenvalue weighted by Crippen LogP contribution is 2.19. The van der Waals surface area contributed by atoms with Crippen LogP contribution in [0.4, 0.5) is 0 Å². The van der Waals surface area contributed by atoms with Crippen molar-refractivity contribution in [3.8, 4) is 5.75 Å². The molecule has 0 unspecified atom stereocenters. The SMILES string of the molecule is C=C(CCc1ccccc1O)C(=O)OCCOCC. The lowest BCUT2D eigenvalue weighted by Crippen LogP contribution is -2.12. The molecule has 0 aliphatic heterocycles. The summed E-state index contributed by atoms with van der Waals surface area (Å²) in [5.74, 6) is -0.171. The van der Waals surface area contributed by atoms with Gasteiger partial charge in [0.1, 0.15) is 12.4 Å². The van der Waals surface area contributed by atoms with Crippen molar-refractivity contribution in [1.82, 2.24) is 0 Å². The van der Waals surface area contributed by atoms with Gasteiger partial charge < -0.3 is 14.6 Å². The summed E-state index contributed by atoms with van der Waals surface area (Å²) in [7, 11) is 0. The molecular formula is C15H20O4. The Morgan fingerprint density at radius 3 is 2.74 bits per heavy atom. The van der Waals surface area contributed by atoms with Gasteiger partial charge in [-0.1, -0.05) is 24.8 Å². The Kier molecular flexibility index (Phi) is 6.68. The predicted molar refractivity (Wildman–Crippen MR) is 73.0 cm³/mol. The van der Waals surface area contributed by atoms with E-state index in [1.807, 2.05) is 19.1 Å². The van der Waals surface area contributed by atoms with E-state index < -0.39 is 5.97 Å². The van der Waals surface area contributed by atoms with E-state index in [1.165, 1.54) is 0 Å². The maximum absolute atomic E-state index is 11.6. The first-order valence-corrected chi connectivity index (χ1v) is 6.34. The summed E-state index contributed by atoms with van der Waals surface area (Å²) in [5.41, 5.74) is 1.20. The molecular weight excluding hydrogens is 244 g/mol. The number of para-hydroxylation sites is 1. The number of phenols is 1. The number of aromatic hydroxyl groups is 1. The average molecular weight is 264 g/mol. The van der Waals surface area contributed by atoms with Gasteiger partial charge in [-0.2, -0.15) is 0 Å². The zero-order valence-electron chi connectivity index (χ0n) is 11.2. The van der Waals surface area contributed by atoms with Gasteiger partial charge in [0.15, 0.2) is 0 Å². The summed E-state index contributed by atoms with van der Waals surface area (Å²) in [5, 5.41) is 9.60. The van der Waals surface area contributed by atoms with Gasteiger partial charge in [0.05, 0.1) is 6.61 Å². The molecule has 0 saturated carbocycles. The molecule has 0 saturated heterocycles. The van der Waals surface area contributed by atoms with Crippen LogP contribution in [0.25, 0.3) is 0 Å². The Labute approximate surface area is 113 Å². The molecule has 19 heavy (non-hydrogen) atoms. The molecule has 0 amide bonds. The van der Waals surface area contributed by atoms with E-state index in [9.17, 15) is 9.90 Å². The average Bonchev–Trinajstić information content (AvgIpc) is 2.42. The van der Waals surface area contributed by atoms with Gasteiger partial charge in [0.2, 0.25) is 0 Å². The summed E-state index contributed by atoms with van der Waals surface area (Å²) in [4.78, 5) is 11.6. The van der Waals surface area contributed by atoms with Crippen molar-refractivity contribution in [1.29, 1.82) is 0 Å². The van der Waals surface area contributed by atoms with E-state index >= 15 is 0 Å². The zero-order valence-corrected chi connectivity index (χ0v) is 11.2. The Hall–Kier alpha value is -1.81. The van der Waals surface area contributed by atoms with Gasteiger partial charge in [0, 0.05) is 12.2 Å². The number of benzene rings is 1. The van der Waals surface area contributed by atoms with Crippen LogP contribution >= 0.6 is 0 Å². The molecule has 4 nitrogen and oxygen atoms in total. The highest BCUT2D eigenvalue weighted by Gasteiger charge is 2.09. The topological polar surface area (TPSA) is 55.8 Å². The standard InChI is InChI=1S/C15H20O4/c1-3-18-10-11-19-15(17)12(2)8-9-13-6-4-5-7-14(13)16/h4-7,16H,2-3,8-11H2,1H3. The number of phenolic OH excluding ortho intramolecular Hbond substituents is 1. The maximum Gasteiger partial charge on any atom is 0.333 e. The first-order chi connectivity index (χ1) is 9.15. The fourth-order valence-corrected chi connectivity index (χ4v) is 1.55. The molecule has 1 aromatic rings. The van der Waals surface area contributed by atoms with E-state index in [0.29, 0.717) is 31.6 Å². The van der Waals surface area contributed by atoms with Crippen LogP contribution in [0.3, 0.4) is 0 Å². The molecule has 0 aliphatic rings. The van der Waals surface area contributed by atoms with Gasteiger partial charge in [-0.05, 0) is 31.4 Å². The number of carbonyl (C=O) groups is 1. The van der Waals surface area contributed by atoms with Crippen molar-refractivity contribution in [2.24, 2.45) is 0 Å². The lowest BCUT2D eigenvalue weighted by atomic mass is 10.0. The van der Waals surface area contributed by atoms with E-state index in [0.717, 1.165) is 5.56 Å². The minimum atomic E-state index is -0.407. The van der Waals surface area contributed by atoms with Gasteiger partial charge in [0.25, 0.3) is 0 Å². The molecule has 0 bridgehead atoms. The Morgan fingerprint density at radius 2 is 2.05 bits per heavy atom. The number of hydrogen-bond acceptors (Lipinski definition) is 4. The molecule has 0 atom stereocenters. The number of ether oxygens (including phenoxy) is 2. The highest BCUT2D eigenvalue weighted by atomic mass is 16.6. The molecule has 1 N–H and O–H groups in total. The second-order valence-corrected chi connectivity index (χ2v) is 4.07. The number of carbonyl (C=O) groups excluding carboxylic acids is 1. The molecule has 0 aromatic heterocycles. The third kappa shape index (κ3) is 5.57. The fraction of sp³-hybridized carbons (Fsp3) is 0.400. The number of hydrogen-bond donors (Lipinski definition) is 1. The van der Waals surface area contributed by atoms with Crippen LogP contribution in [0.2, 0.25) is 0 Å². The lowest BCUT2D eigenvalue weighted by Gasteiger charge is -2.08. The van der Waals surface area contributed by atoms with Gasteiger partial charge >= 0.3 is 5.97 Å². The largest absolute Gasteiger partial charge is 0.508 e. The van der Waals surface area contributed by atoms with Crippen molar-refractivity contribution in [2.45, 2.75) is 19.8 Å². The molecule has 0 fully saturated rings. The quantitative estimate of drug-likeness (QED) is 0.445. The van der Waals surface area contributed by atoms with E-state index in [1.54, 1.807) is 12.1 Å². The molecule has 0 spiro atoms. The third-order valence-corrected chi connectivity index (χ3v) is 2.64. The first-order valence-electron chi connectivity index (χ1n) is 6.34. The first kappa shape index (κ1) is 15.2. The van der Waals surface area contributed by atoms with Crippen LogP contribution < -0.4 is 0 Å². The van der Waals surface area contributed by atoms with Crippen molar-refractivity contribution >= 4 is 5.97 Å². The normalized spacial score (nSPS) is 10.2. The van der Waals surface area contributed by atoms with Gasteiger partial charge in [-0.3, -0.25) is 0 Å². The van der Waals surface area contributed by atoms with Gasteiger partial charge in [-0.15, -0.1) is 0 Å². The summed E-state index contributed by atoms with van der Waals surface area (Å²) < 4.78 is 10.1. The van der Waals surface area contributed by atoms with Crippen LogP contribution in [-0.2, 0) is 20.7 Å². The molecule has 0 radical (unpaired) electrons. The van der Waals surface area contributed by atoms with Gasteiger partial charge in [-0.25, -0.2) is 4.79 Å². The van der Waals surface area contributed by atoms with Crippen LogP contribution in [-0.4, -0.2) is 30.9 Å². The maximum atomic E-state index is 11.6. The predicted octanol–water partition coefficient (Wildman–Crippen LogP) is 2.46. The lowest BCUT2D eigenvalue weighted by molar-refractivity contribution is -0.140.